The number of rotatable bonds is 6. The third kappa shape index (κ3) is 4.03. The largest absolute Gasteiger partial charge is 0.510 e. The molecule has 0 radical (unpaired) electrons. The third-order valence-electron chi connectivity index (χ3n) is 2.40. The van der Waals surface area contributed by atoms with Crippen LogP contribution in [0.2, 0.25) is 0 Å². The molecule has 15 heavy (non-hydrogen) atoms. The smallest absolute Gasteiger partial charge is 0.262 e. The van der Waals surface area contributed by atoms with Crippen LogP contribution in [0, 0.1) is 17.2 Å². The fraction of sp³-hybridized carbons (Fsp3) is 0.636. The summed E-state index contributed by atoms with van der Waals surface area (Å²) in [5.74, 6) is -1.14. The minimum Gasteiger partial charge on any atom is -0.510 e. The number of aliphatic hydroxyl groups excluding tert-OH is 1. The molecule has 84 valence electrons. The van der Waals surface area contributed by atoms with Crippen molar-refractivity contribution in [2.45, 2.75) is 39.5 Å². The van der Waals surface area contributed by atoms with Gasteiger partial charge >= 0.3 is 0 Å². The molecule has 1 atom stereocenters. The summed E-state index contributed by atoms with van der Waals surface area (Å²) in [6.07, 6.45) is 3.45. The van der Waals surface area contributed by atoms with Gasteiger partial charge in [-0.15, -0.1) is 0 Å². The number of unbranched alkanes of at least 4 members (excludes halogenated alkanes) is 1. The van der Waals surface area contributed by atoms with E-state index >= 15 is 0 Å². The molecular formula is C11H18N2O2. The lowest BCUT2D eigenvalue weighted by molar-refractivity contribution is -0.114. The van der Waals surface area contributed by atoms with Gasteiger partial charge in [-0.1, -0.05) is 26.7 Å². The summed E-state index contributed by atoms with van der Waals surface area (Å²) >= 11 is 0. The molecule has 0 aromatic carbocycles. The van der Waals surface area contributed by atoms with E-state index in [1.165, 1.54) is 0 Å². The highest BCUT2D eigenvalue weighted by molar-refractivity contribution is 5.96. The van der Waals surface area contributed by atoms with E-state index in [9.17, 15) is 9.90 Å². The van der Waals surface area contributed by atoms with Crippen LogP contribution < -0.4 is 5.73 Å². The standard InChI is InChI=1S/C11H18N2O2/c1-3-5-6-8(4-2)10(14)9(7-12)11(13)15/h8,14H,3-6H2,1-2H3,(H2,13,15). The number of allylic oxidation sites excluding steroid dienone is 1. The predicted molar refractivity (Wildman–Crippen MR) is 57.8 cm³/mol. The van der Waals surface area contributed by atoms with Crippen LogP contribution in [0.1, 0.15) is 39.5 Å². The highest BCUT2D eigenvalue weighted by Gasteiger charge is 2.19. The SMILES string of the molecule is CCCCC(CC)C(O)=C(C#N)C(N)=O. The fourth-order valence-corrected chi connectivity index (χ4v) is 1.43. The van der Waals surface area contributed by atoms with Crippen molar-refractivity contribution in [1.29, 1.82) is 5.26 Å². The molecular weight excluding hydrogens is 192 g/mol. The molecule has 0 aliphatic rings. The number of carbonyl (C=O) groups excluding carboxylic acids is 1. The Bertz CT molecular complexity index is 289. The molecule has 0 saturated carbocycles. The first kappa shape index (κ1) is 13.5. The van der Waals surface area contributed by atoms with Crippen molar-refractivity contribution >= 4 is 5.91 Å². The normalized spacial score (nSPS) is 13.9. The van der Waals surface area contributed by atoms with E-state index in [-0.39, 0.29) is 17.3 Å². The average molecular weight is 210 g/mol. The molecule has 4 heteroatoms. The summed E-state index contributed by atoms with van der Waals surface area (Å²) in [7, 11) is 0. The van der Waals surface area contributed by atoms with Crippen LogP contribution in [0.15, 0.2) is 11.3 Å². The first-order valence-electron chi connectivity index (χ1n) is 5.21. The predicted octanol–water partition coefficient (Wildman–Crippen LogP) is 2.02. The number of primary amides is 1. The quantitative estimate of drug-likeness (QED) is 0.399. The van der Waals surface area contributed by atoms with Crippen molar-refractivity contribution in [1.82, 2.24) is 0 Å². The Morgan fingerprint density at radius 2 is 2.13 bits per heavy atom. The van der Waals surface area contributed by atoms with E-state index in [1.807, 2.05) is 13.8 Å². The number of nitrogens with zero attached hydrogens (tertiary/aromatic N) is 1. The monoisotopic (exact) mass is 210 g/mol. The fourth-order valence-electron chi connectivity index (χ4n) is 1.43. The number of hydrogen-bond donors (Lipinski definition) is 2. The first-order chi connectivity index (χ1) is 7.08. The number of amides is 1. The van der Waals surface area contributed by atoms with Crippen molar-refractivity contribution in [3.8, 4) is 6.07 Å². The molecule has 1 unspecified atom stereocenters. The molecule has 0 heterocycles. The van der Waals surface area contributed by atoms with E-state index in [0.717, 1.165) is 19.3 Å². The minimum atomic E-state index is -0.857. The van der Waals surface area contributed by atoms with Gasteiger partial charge in [-0.2, -0.15) is 5.26 Å². The Morgan fingerprint density at radius 3 is 2.47 bits per heavy atom. The maximum absolute atomic E-state index is 10.8. The van der Waals surface area contributed by atoms with Gasteiger partial charge in [-0.05, 0) is 12.8 Å². The summed E-state index contributed by atoms with van der Waals surface area (Å²) in [6, 6.07) is 1.65. The van der Waals surface area contributed by atoms with Crippen molar-refractivity contribution in [2.75, 3.05) is 0 Å². The summed E-state index contributed by atoms with van der Waals surface area (Å²) in [5, 5.41) is 18.4. The zero-order chi connectivity index (χ0) is 11.8. The molecule has 1 amide bonds. The molecule has 4 nitrogen and oxygen atoms in total. The lowest BCUT2D eigenvalue weighted by atomic mass is 9.94. The molecule has 0 aromatic heterocycles. The van der Waals surface area contributed by atoms with Crippen molar-refractivity contribution in [2.24, 2.45) is 11.7 Å². The van der Waals surface area contributed by atoms with Crippen LogP contribution in [0.4, 0.5) is 0 Å². The lowest BCUT2D eigenvalue weighted by Crippen LogP contribution is -2.18. The molecule has 0 spiro atoms. The molecule has 0 rings (SSSR count). The number of nitriles is 1. The van der Waals surface area contributed by atoms with E-state index in [0.29, 0.717) is 6.42 Å². The van der Waals surface area contributed by atoms with E-state index in [1.54, 1.807) is 6.07 Å². The second-order valence-corrected chi connectivity index (χ2v) is 3.48. The van der Waals surface area contributed by atoms with Gasteiger partial charge in [-0.25, -0.2) is 0 Å². The van der Waals surface area contributed by atoms with Gasteiger partial charge in [-0.3, -0.25) is 4.79 Å². The Morgan fingerprint density at radius 1 is 1.53 bits per heavy atom. The Labute approximate surface area is 90.4 Å². The lowest BCUT2D eigenvalue weighted by Gasteiger charge is -2.14. The number of nitrogens with two attached hydrogens (primary N) is 1. The summed E-state index contributed by atoms with van der Waals surface area (Å²) in [5.41, 5.74) is 4.68. The number of aliphatic hydroxyl groups is 1. The van der Waals surface area contributed by atoms with E-state index in [2.05, 4.69) is 0 Å². The molecule has 0 aliphatic carbocycles. The molecule has 0 bridgehead atoms. The Hall–Kier alpha value is -1.50. The van der Waals surface area contributed by atoms with Gasteiger partial charge in [0.15, 0.2) is 5.57 Å². The van der Waals surface area contributed by atoms with Crippen LogP contribution in [0.5, 0.6) is 0 Å². The average Bonchev–Trinajstić information content (AvgIpc) is 2.19. The number of carbonyl (C=O) groups is 1. The zero-order valence-corrected chi connectivity index (χ0v) is 9.29. The van der Waals surface area contributed by atoms with Crippen LogP contribution in [0.3, 0.4) is 0 Å². The number of hydrogen-bond acceptors (Lipinski definition) is 3. The van der Waals surface area contributed by atoms with Gasteiger partial charge in [0.25, 0.3) is 5.91 Å². The molecule has 0 saturated heterocycles. The maximum atomic E-state index is 10.8. The topological polar surface area (TPSA) is 87.1 Å². The molecule has 0 aliphatic heterocycles. The van der Waals surface area contributed by atoms with Gasteiger partial charge in [0.05, 0.1) is 0 Å². The molecule has 0 fully saturated rings. The highest BCUT2D eigenvalue weighted by Crippen LogP contribution is 2.22. The second-order valence-electron chi connectivity index (χ2n) is 3.48. The summed E-state index contributed by atoms with van der Waals surface area (Å²) in [4.78, 5) is 10.8. The van der Waals surface area contributed by atoms with Crippen LogP contribution in [0.25, 0.3) is 0 Å². The highest BCUT2D eigenvalue weighted by atomic mass is 16.3. The molecule has 3 N–H and O–H groups in total. The Balaban J connectivity index is 4.81. The zero-order valence-electron chi connectivity index (χ0n) is 9.29. The second kappa shape index (κ2) is 6.88. The van der Waals surface area contributed by atoms with Crippen LogP contribution in [-0.4, -0.2) is 11.0 Å². The van der Waals surface area contributed by atoms with Crippen molar-refractivity contribution in [3.63, 3.8) is 0 Å². The van der Waals surface area contributed by atoms with Gasteiger partial charge in [0.2, 0.25) is 0 Å². The van der Waals surface area contributed by atoms with E-state index < -0.39 is 5.91 Å². The minimum absolute atomic E-state index is 0.132. The third-order valence-corrected chi connectivity index (χ3v) is 2.40. The summed E-state index contributed by atoms with van der Waals surface area (Å²) in [6.45, 7) is 3.96. The molecule has 0 aromatic rings. The van der Waals surface area contributed by atoms with Gasteiger partial charge in [0, 0.05) is 5.92 Å². The maximum Gasteiger partial charge on any atom is 0.262 e. The summed E-state index contributed by atoms with van der Waals surface area (Å²) < 4.78 is 0. The van der Waals surface area contributed by atoms with Crippen LogP contribution in [-0.2, 0) is 4.79 Å². The van der Waals surface area contributed by atoms with Crippen molar-refractivity contribution in [3.05, 3.63) is 11.3 Å². The Kier molecular flexibility index (Phi) is 6.19. The van der Waals surface area contributed by atoms with Gasteiger partial charge < -0.3 is 10.8 Å². The van der Waals surface area contributed by atoms with Crippen LogP contribution >= 0.6 is 0 Å². The first-order valence-corrected chi connectivity index (χ1v) is 5.21. The van der Waals surface area contributed by atoms with Crippen molar-refractivity contribution < 1.29 is 9.90 Å². The van der Waals surface area contributed by atoms with E-state index in [4.69, 9.17) is 11.0 Å². The van der Waals surface area contributed by atoms with Gasteiger partial charge in [0.1, 0.15) is 11.8 Å².